The van der Waals surface area contributed by atoms with E-state index in [-0.39, 0.29) is 0 Å². The molecule has 0 saturated heterocycles. The Balaban J connectivity index is 4.45. The Morgan fingerprint density at radius 2 is 1.46 bits per heavy atom. The minimum absolute atomic E-state index is 0.343. The standard InChI is InChI=1S/C12H27N/c1-7-9-13-12(8-2,10(3)4)11(5)6/h10-11,13H,7-9H2,1-6H3. The molecule has 0 rings (SSSR count). The Morgan fingerprint density at radius 3 is 1.69 bits per heavy atom. The van der Waals surface area contributed by atoms with Gasteiger partial charge in [-0.15, -0.1) is 0 Å². The van der Waals surface area contributed by atoms with E-state index < -0.39 is 0 Å². The van der Waals surface area contributed by atoms with Gasteiger partial charge in [0.1, 0.15) is 0 Å². The Bertz CT molecular complexity index is 119. The van der Waals surface area contributed by atoms with Gasteiger partial charge < -0.3 is 5.32 Å². The summed E-state index contributed by atoms with van der Waals surface area (Å²) in [5.74, 6) is 1.42. The van der Waals surface area contributed by atoms with Gasteiger partial charge in [-0.2, -0.15) is 0 Å². The molecule has 0 aromatic rings. The molecule has 0 unspecified atom stereocenters. The number of nitrogens with one attached hydrogen (secondary N) is 1. The third-order valence-electron chi connectivity index (χ3n) is 3.35. The average Bonchev–Trinajstić information content (AvgIpc) is 2.05. The van der Waals surface area contributed by atoms with Gasteiger partial charge in [0.15, 0.2) is 0 Å². The van der Waals surface area contributed by atoms with Crippen LogP contribution in [0.15, 0.2) is 0 Å². The van der Waals surface area contributed by atoms with Crippen molar-refractivity contribution in [1.29, 1.82) is 0 Å². The highest BCUT2D eigenvalue weighted by molar-refractivity contribution is 4.92. The van der Waals surface area contributed by atoms with Crippen molar-refractivity contribution >= 4 is 0 Å². The summed E-state index contributed by atoms with van der Waals surface area (Å²) in [6.07, 6.45) is 2.45. The zero-order valence-electron chi connectivity index (χ0n) is 10.3. The fraction of sp³-hybridized carbons (Fsp3) is 1.00. The van der Waals surface area contributed by atoms with Crippen molar-refractivity contribution in [2.24, 2.45) is 11.8 Å². The lowest BCUT2D eigenvalue weighted by Crippen LogP contribution is -2.53. The minimum atomic E-state index is 0.343. The van der Waals surface area contributed by atoms with Gasteiger partial charge in [-0.05, 0) is 31.2 Å². The molecule has 0 bridgehead atoms. The monoisotopic (exact) mass is 185 g/mol. The lowest BCUT2D eigenvalue weighted by Gasteiger charge is -2.42. The molecule has 1 N–H and O–H groups in total. The van der Waals surface area contributed by atoms with Gasteiger partial charge in [-0.1, -0.05) is 41.5 Å². The summed E-state index contributed by atoms with van der Waals surface area (Å²) in [6, 6.07) is 0. The van der Waals surface area contributed by atoms with Crippen LogP contribution in [0.5, 0.6) is 0 Å². The second-order valence-corrected chi connectivity index (χ2v) is 4.63. The van der Waals surface area contributed by atoms with Crippen LogP contribution in [0.25, 0.3) is 0 Å². The second kappa shape index (κ2) is 5.64. The molecule has 1 nitrogen and oxygen atoms in total. The van der Waals surface area contributed by atoms with E-state index >= 15 is 0 Å². The molecule has 0 amide bonds. The van der Waals surface area contributed by atoms with E-state index in [4.69, 9.17) is 0 Å². The molecule has 80 valence electrons. The van der Waals surface area contributed by atoms with Crippen LogP contribution in [0.3, 0.4) is 0 Å². The first-order chi connectivity index (χ1) is 6.01. The van der Waals surface area contributed by atoms with Crippen LogP contribution >= 0.6 is 0 Å². The van der Waals surface area contributed by atoms with Crippen molar-refractivity contribution in [2.45, 2.75) is 59.9 Å². The van der Waals surface area contributed by atoms with Gasteiger partial charge in [0.2, 0.25) is 0 Å². The van der Waals surface area contributed by atoms with Crippen LogP contribution in [0.1, 0.15) is 54.4 Å². The quantitative estimate of drug-likeness (QED) is 0.668. The summed E-state index contributed by atoms with van der Waals surface area (Å²) in [6.45, 7) is 15.0. The Kier molecular flexibility index (Phi) is 5.62. The normalized spacial score (nSPS) is 12.9. The van der Waals surface area contributed by atoms with Gasteiger partial charge in [0, 0.05) is 5.54 Å². The van der Waals surface area contributed by atoms with E-state index in [0.29, 0.717) is 17.4 Å². The van der Waals surface area contributed by atoms with Gasteiger partial charge in [0.25, 0.3) is 0 Å². The van der Waals surface area contributed by atoms with Crippen LogP contribution in [-0.2, 0) is 0 Å². The van der Waals surface area contributed by atoms with E-state index in [2.05, 4.69) is 46.9 Å². The van der Waals surface area contributed by atoms with Crippen molar-refractivity contribution in [3.8, 4) is 0 Å². The van der Waals surface area contributed by atoms with Gasteiger partial charge >= 0.3 is 0 Å². The van der Waals surface area contributed by atoms with E-state index in [1.54, 1.807) is 0 Å². The van der Waals surface area contributed by atoms with E-state index in [9.17, 15) is 0 Å². The molecular weight excluding hydrogens is 158 g/mol. The lowest BCUT2D eigenvalue weighted by molar-refractivity contribution is 0.157. The summed E-state index contributed by atoms with van der Waals surface area (Å²) >= 11 is 0. The molecule has 0 spiro atoms. The highest BCUT2D eigenvalue weighted by Gasteiger charge is 2.33. The average molecular weight is 185 g/mol. The molecule has 0 aromatic carbocycles. The van der Waals surface area contributed by atoms with Crippen molar-refractivity contribution in [1.82, 2.24) is 5.32 Å². The Morgan fingerprint density at radius 1 is 1.00 bits per heavy atom. The SMILES string of the molecule is CCCNC(CC)(C(C)C)C(C)C. The predicted molar refractivity (Wildman–Crippen MR) is 61.0 cm³/mol. The zero-order chi connectivity index (χ0) is 10.5. The first-order valence-electron chi connectivity index (χ1n) is 5.76. The van der Waals surface area contributed by atoms with Gasteiger partial charge in [-0.25, -0.2) is 0 Å². The molecular formula is C12H27N. The molecule has 0 aromatic heterocycles. The molecule has 0 aliphatic rings. The van der Waals surface area contributed by atoms with Crippen LogP contribution in [0.4, 0.5) is 0 Å². The predicted octanol–water partition coefficient (Wildman–Crippen LogP) is 3.45. The largest absolute Gasteiger partial charge is 0.311 e. The van der Waals surface area contributed by atoms with Crippen molar-refractivity contribution in [3.05, 3.63) is 0 Å². The first kappa shape index (κ1) is 13.0. The molecule has 0 saturated carbocycles. The highest BCUT2D eigenvalue weighted by atomic mass is 15.0. The molecule has 13 heavy (non-hydrogen) atoms. The number of hydrogen-bond acceptors (Lipinski definition) is 1. The fourth-order valence-corrected chi connectivity index (χ4v) is 2.37. The van der Waals surface area contributed by atoms with Crippen LogP contribution in [0.2, 0.25) is 0 Å². The maximum atomic E-state index is 3.73. The van der Waals surface area contributed by atoms with Crippen LogP contribution in [0, 0.1) is 11.8 Å². The molecule has 0 atom stereocenters. The van der Waals surface area contributed by atoms with E-state index in [0.717, 1.165) is 6.54 Å². The van der Waals surface area contributed by atoms with Crippen LogP contribution < -0.4 is 5.32 Å². The summed E-state index contributed by atoms with van der Waals surface area (Å²) < 4.78 is 0. The lowest BCUT2D eigenvalue weighted by atomic mass is 9.75. The summed E-state index contributed by atoms with van der Waals surface area (Å²) in [4.78, 5) is 0. The molecule has 0 fully saturated rings. The van der Waals surface area contributed by atoms with Crippen molar-refractivity contribution in [2.75, 3.05) is 6.54 Å². The molecule has 0 aliphatic heterocycles. The third kappa shape index (κ3) is 2.98. The summed E-state index contributed by atoms with van der Waals surface area (Å²) in [5, 5.41) is 3.73. The van der Waals surface area contributed by atoms with Gasteiger partial charge in [0.05, 0.1) is 0 Å². The van der Waals surface area contributed by atoms with Crippen LogP contribution in [-0.4, -0.2) is 12.1 Å². The van der Waals surface area contributed by atoms with Crippen molar-refractivity contribution in [3.63, 3.8) is 0 Å². The second-order valence-electron chi connectivity index (χ2n) is 4.63. The topological polar surface area (TPSA) is 12.0 Å². The van der Waals surface area contributed by atoms with Crippen molar-refractivity contribution < 1.29 is 0 Å². The Hall–Kier alpha value is -0.0400. The summed E-state index contributed by atoms with van der Waals surface area (Å²) in [5.41, 5.74) is 0.343. The fourth-order valence-electron chi connectivity index (χ4n) is 2.37. The third-order valence-corrected chi connectivity index (χ3v) is 3.35. The smallest absolute Gasteiger partial charge is 0.0224 e. The molecule has 1 heteroatoms. The van der Waals surface area contributed by atoms with Gasteiger partial charge in [-0.3, -0.25) is 0 Å². The van der Waals surface area contributed by atoms with E-state index in [1.807, 2.05) is 0 Å². The zero-order valence-corrected chi connectivity index (χ0v) is 10.3. The molecule has 0 heterocycles. The maximum absolute atomic E-state index is 3.73. The molecule has 0 radical (unpaired) electrons. The summed E-state index contributed by atoms with van der Waals surface area (Å²) in [7, 11) is 0. The minimum Gasteiger partial charge on any atom is -0.311 e. The highest BCUT2D eigenvalue weighted by Crippen LogP contribution is 2.29. The maximum Gasteiger partial charge on any atom is 0.0224 e. The molecule has 0 aliphatic carbocycles. The number of hydrogen-bond donors (Lipinski definition) is 1. The number of rotatable bonds is 6. The first-order valence-corrected chi connectivity index (χ1v) is 5.76. The van der Waals surface area contributed by atoms with E-state index in [1.165, 1.54) is 12.8 Å². The Labute approximate surface area is 84.3 Å².